The van der Waals surface area contributed by atoms with Gasteiger partial charge in [0.1, 0.15) is 11.9 Å². The number of benzene rings is 1. The minimum absolute atomic E-state index is 0.0337. The van der Waals surface area contributed by atoms with E-state index in [0.717, 1.165) is 25.1 Å². The molecule has 1 aromatic rings. The van der Waals surface area contributed by atoms with Crippen molar-refractivity contribution in [3.63, 3.8) is 0 Å². The van der Waals surface area contributed by atoms with Gasteiger partial charge in [0.15, 0.2) is 11.6 Å². The van der Waals surface area contributed by atoms with Crippen LogP contribution in [-0.2, 0) is 0 Å². The van der Waals surface area contributed by atoms with Crippen molar-refractivity contribution < 1.29 is 13.5 Å². The van der Waals surface area contributed by atoms with E-state index in [9.17, 15) is 8.78 Å². The summed E-state index contributed by atoms with van der Waals surface area (Å²) in [6, 6.07) is 3.61. The molecule has 0 amide bonds. The average Bonchev–Trinajstić information content (AvgIpc) is 2.32. The van der Waals surface area contributed by atoms with Crippen molar-refractivity contribution in [1.82, 2.24) is 5.32 Å². The maximum Gasteiger partial charge on any atom is 0.162 e. The molecule has 0 radical (unpaired) electrons. The monoisotopic (exact) mass is 257 g/mol. The van der Waals surface area contributed by atoms with Gasteiger partial charge in [-0.25, -0.2) is 8.78 Å². The molecule has 0 aliphatic rings. The van der Waals surface area contributed by atoms with Crippen molar-refractivity contribution in [2.75, 3.05) is 13.1 Å². The highest BCUT2D eigenvalue weighted by atomic mass is 19.2. The molecular formula is C14H21F2NO. The van der Waals surface area contributed by atoms with Gasteiger partial charge >= 0.3 is 0 Å². The van der Waals surface area contributed by atoms with Crippen molar-refractivity contribution in [3.8, 4) is 5.75 Å². The summed E-state index contributed by atoms with van der Waals surface area (Å²) >= 11 is 0. The van der Waals surface area contributed by atoms with E-state index in [-0.39, 0.29) is 6.10 Å². The Morgan fingerprint density at radius 1 is 1.17 bits per heavy atom. The third-order valence-electron chi connectivity index (χ3n) is 2.57. The van der Waals surface area contributed by atoms with Crippen LogP contribution in [0.5, 0.6) is 5.75 Å². The second-order valence-electron chi connectivity index (χ2n) is 4.78. The molecule has 1 rings (SSSR count). The van der Waals surface area contributed by atoms with Crippen LogP contribution in [0.2, 0.25) is 0 Å². The van der Waals surface area contributed by atoms with E-state index >= 15 is 0 Å². The molecule has 0 fully saturated rings. The first kappa shape index (κ1) is 14.9. The molecule has 0 bridgehead atoms. The van der Waals surface area contributed by atoms with Gasteiger partial charge in [0, 0.05) is 12.6 Å². The number of hydrogen-bond acceptors (Lipinski definition) is 2. The van der Waals surface area contributed by atoms with Crippen LogP contribution in [0.3, 0.4) is 0 Å². The van der Waals surface area contributed by atoms with Gasteiger partial charge in [-0.3, -0.25) is 0 Å². The van der Waals surface area contributed by atoms with Crippen LogP contribution >= 0.6 is 0 Å². The van der Waals surface area contributed by atoms with Crippen LogP contribution in [0.25, 0.3) is 0 Å². The Balaban J connectivity index is 2.49. The first-order chi connectivity index (χ1) is 8.52. The fraction of sp³-hybridized carbons (Fsp3) is 0.571. The molecule has 0 aliphatic carbocycles. The van der Waals surface area contributed by atoms with Crippen molar-refractivity contribution in [3.05, 3.63) is 29.8 Å². The molecule has 2 nitrogen and oxygen atoms in total. The van der Waals surface area contributed by atoms with Gasteiger partial charge in [-0.1, -0.05) is 20.8 Å². The van der Waals surface area contributed by atoms with E-state index in [4.69, 9.17) is 4.74 Å². The highest BCUT2D eigenvalue weighted by molar-refractivity contribution is 5.23. The standard InChI is InChI=1S/C14H21F2NO/c1-4-11(9-17-8-10(2)3)18-12-5-6-13(15)14(16)7-12/h5-7,10-11,17H,4,8-9H2,1-3H3. The topological polar surface area (TPSA) is 21.3 Å². The SMILES string of the molecule is CCC(CNCC(C)C)Oc1ccc(F)c(F)c1. The Hall–Kier alpha value is -1.16. The molecule has 0 spiro atoms. The van der Waals surface area contributed by atoms with Crippen LogP contribution in [0, 0.1) is 17.6 Å². The lowest BCUT2D eigenvalue weighted by Crippen LogP contribution is -2.33. The fourth-order valence-electron chi connectivity index (χ4n) is 1.54. The number of ether oxygens (including phenoxy) is 1. The maximum atomic E-state index is 13.0. The van der Waals surface area contributed by atoms with Crippen LogP contribution in [0.15, 0.2) is 18.2 Å². The number of nitrogens with one attached hydrogen (secondary N) is 1. The van der Waals surface area contributed by atoms with Crippen LogP contribution in [-0.4, -0.2) is 19.2 Å². The smallest absolute Gasteiger partial charge is 0.162 e. The Bertz CT molecular complexity index is 369. The second-order valence-corrected chi connectivity index (χ2v) is 4.78. The van der Waals surface area contributed by atoms with E-state index in [1.165, 1.54) is 6.07 Å². The minimum atomic E-state index is -0.877. The Kier molecular flexibility index (Phi) is 6.05. The van der Waals surface area contributed by atoms with Crippen molar-refractivity contribution in [2.24, 2.45) is 5.92 Å². The molecule has 0 saturated carbocycles. The largest absolute Gasteiger partial charge is 0.489 e. The Morgan fingerprint density at radius 3 is 2.44 bits per heavy atom. The quantitative estimate of drug-likeness (QED) is 0.808. The van der Waals surface area contributed by atoms with E-state index in [1.54, 1.807) is 0 Å². The van der Waals surface area contributed by atoms with Gasteiger partial charge in [0.25, 0.3) is 0 Å². The summed E-state index contributed by atoms with van der Waals surface area (Å²) in [6.45, 7) is 7.88. The van der Waals surface area contributed by atoms with E-state index in [0.29, 0.717) is 18.2 Å². The van der Waals surface area contributed by atoms with Gasteiger partial charge in [-0.05, 0) is 31.0 Å². The summed E-state index contributed by atoms with van der Waals surface area (Å²) in [5.41, 5.74) is 0. The third-order valence-corrected chi connectivity index (χ3v) is 2.57. The van der Waals surface area contributed by atoms with Gasteiger partial charge in [-0.2, -0.15) is 0 Å². The predicted molar refractivity (Wildman–Crippen MR) is 68.8 cm³/mol. The molecule has 1 atom stereocenters. The van der Waals surface area contributed by atoms with Gasteiger partial charge in [-0.15, -0.1) is 0 Å². The molecule has 18 heavy (non-hydrogen) atoms. The number of halogens is 2. The lowest BCUT2D eigenvalue weighted by atomic mass is 10.2. The van der Waals surface area contributed by atoms with E-state index < -0.39 is 11.6 Å². The highest BCUT2D eigenvalue weighted by Gasteiger charge is 2.10. The Morgan fingerprint density at radius 2 is 1.89 bits per heavy atom. The molecule has 0 heterocycles. The maximum absolute atomic E-state index is 13.0. The molecule has 4 heteroatoms. The molecular weight excluding hydrogens is 236 g/mol. The van der Waals surface area contributed by atoms with E-state index in [2.05, 4.69) is 19.2 Å². The summed E-state index contributed by atoms with van der Waals surface area (Å²) in [5.74, 6) is -0.788. The summed E-state index contributed by atoms with van der Waals surface area (Å²) in [4.78, 5) is 0. The molecule has 1 N–H and O–H groups in total. The summed E-state index contributed by atoms with van der Waals surface area (Å²) in [7, 11) is 0. The van der Waals surface area contributed by atoms with Gasteiger partial charge < -0.3 is 10.1 Å². The summed E-state index contributed by atoms with van der Waals surface area (Å²) in [5, 5.41) is 3.29. The second kappa shape index (κ2) is 7.31. The van der Waals surface area contributed by atoms with E-state index in [1.807, 2.05) is 6.92 Å². The average molecular weight is 257 g/mol. The zero-order valence-electron chi connectivity index (χ0n) is 11.2. The molecule has 1 aromatic carbocycles. The highest BCUT2D eigenvalue weighted by Crippen LogP contribution is 2.17. The lowest BCUT2D eigenvalue weighted by molar-refractivity contribution is 0.191. The van der Waals surface area contributed by atoms with Crippen LogP contribution < -0.4 is 10.1 Å². The molecule has 0 aliphatic heterocycles. The zero-order valence-corrected chi connectivity index (χ0v) is 11.2. The molecule has 102 valence electrons. The first-order valence-corrected chi connectivity index (χ1v) is 6.35. The van der Waals surface area contributed by atoms with Crippen LogP contribution in [0.4, 0.5) is 8.78 Å². The van der Waals surface area contributed by atoms with Crippen molar-refractivity contribution >= 4 is 0 Å². The Labute approximate surface area is 107 Å². The summed E-state index contributed by atoms with van der Waals surface area (Å²) in [6.07, 6.45) is 0.776. The molecule has 1 unspecified atom stereocenters. The third kappa shape index (κ3) is 5.00. The van der Waals surface area contributed by atoms with Gasteiger partial charge in [0.05, 0.1) is 0 Å². The minimum Gasteiger partial charge on any atom is -0.489 e. The fourth-order valence-corrected chi connectivity index (χ4v) is 1.54. The molecule has 0 aromatic heterocycles. The first-order valence-electron chi connectivity index (χ1n) is 6.35. The normalized spacial score (nSPS) is 12.8. The van der Waals surface area contributed by atoms with Gasteiger partial charge in [0.2, 0.25) is 0 Å². The van der Waals surface area contributed by atoms with Crippen LogP contribution in [0.1, 0.15) is 27.2 Å². The molecule has 0 saturated heterocycles. The predicted octanol–water partition coefficient (Wildman–Crippen LogP) is 3.37. The van der Waals surface area contributed by atoms with Crippen molar-refractivity contribution in [2.45, 2.75) is 33.3 Å². The zero-order chi connectivity index (χ0) is 13.5. The van der Waals surface area contributed by atoms with Crippen molar-refractivity contribution in [1.29, 1.82) is 0 Å². The summed E-state index contributed by atoms with van der Waals surface area (Å²) < 4.78 is 31.4. The number of hydrogen-bond donors (Lipinski definition) is 1. The number of rotatable bonds is 7. The lowest BCUT2D eigenvalue weighted by Gasteiger charge is -2.19.